The molecule has 1 aromatic rings. The molecule has 0 radical (unpaired) electrons. The zero-order chi connectivity index (χ0) is 12.5. The molecule has 0 aromatic heterocycles. The summed E-state index contributed by atoms with van der Waals surface area (Å²) >= 11 is 10.6. The van der Waals surface area contributed by atoms with Crippen molar-refractivity contribution in [3.63, 3.8) is 0 Å². The number of rotatable bonds is 2. The van der Waals surface area contributed by atoms with Crippen molar-refractivity contribution in [3.05, 3.63) is 26.8 Å². The predicted octanol–water partition coefficient (Wildman–Crippen LogP) is 4.89. The number of hydrogen-bond donors (Lipinski definition) is 1. The third-order valence-corrected chi connectivity index (χ3v) is 5.51. The number of halogens is 2. The van der Waals surface area contributed by atoms with Crippen molar-refractivity contribution in [2.45, 2.75) is 26.3 Å². The van der Waals surface area contributed by atoms with Gasteiger partial charge in [0, 0.05) is 15.4 Å². The van der Waals surface area contributed by atoms with Gasteiger partial charge in [-0.2, -0.15) is 11.8 Å². The van der Waals surface area contributed by atoms with Crippen molar-refractivity contribution in [2.75, 3.05) is 16.8 Å². The summed E-state index contributed by atoms with van der Waals surface area (Å²) in [5.41, 5.74) is 1.49. The summed E-state index contributed by atoms with van der Waals surface area (Å²) in [6.07, 6.45) is 1.21. The van der Waals surface area contributed by atoms with Crippen LogP contribution >= 0.6 is 46.0 Å². The fraction of sp³-hybridized carbons (Fsp3) is 0.538. The molecule has 1 aliphatic heterocycles. The zero-order valence-electron chi connectivity index (χ0n) is 10.1. The minimum Gasteiger partial charge on any atom is -0.380 e. The lowest BCUT2D eigenvalue weighted by Crippen LogP contribution is -2.35. The van der Waals surface area contributed by atoms with Crippen LogP contribution in [0.1, 0.15) is 20.3 Å². The van der Waals surface area contributed by atoms with Gasteiger partial charge in [-0.25, -0.2) is 0 Å². The first kappa shape index (κ1) is 13.8. The summed E-state index contributed by atoms with van der Waals surface area (Å²) in [6.45, 7) is 4.67. The molecule has 1 nitrogen and oxygen atoms in total. The number of hydrogen-bond acceptors (Lipinski definition) is 2. The Morgan fingerprint density at radius 2 is 2.24 bits per heavy atom. The van der Waals surface area contributed by atoms with Crippen molar-refractivity contribution in [3.8, 4) is 0 Å². The van der Waals surface area contributed by atoms with Crippen LogP contribution in [0.3, 0.4) is 0 Å². The second-order valence-corrected chi connectivity index (χ2v) is 8.03. The number of anilines is 1. The van der Waals surface area contributed by atoms with Gasteiger partial charge in [0.25, 0.3) is 0 Å². The summed E-state index contributed by atoms with van der Waals surface area (Å²) in [7, 11) is 0. The molecule has 1 unspecified atom stereocenters. The summed E-state index contributed by atoms with van der Waals surface area (Å²) < 4.78 is 1.18. The molecule has 1 aliphatic rings. The molecule has 17 heavy (non-hydrogen) atoms. The molecule has 0 saturated carbocycles. The Balaban J connectivity index is 2.05. The fourth-order valence-electron chi connectivity index (χ4n) is 2.18. The molecule has 1 aromatic carbocycles. The Morgan fingerprint density at radius 3 is 2.88 bits per heavy atom. The van der Waals surface area contributed by atoms with Gasteiger partial charge in [-0.05, 0) is 58.4 Å². The van der Waals surface area contributed by atoms with Crippen molar-refractivity contribution in [2.24, 2.45) is 5.41 Å². The van der Waals surface area contributed by atoms with Crippen molar-refractivity contribution in [1.82, 2.24) is 0 Å². The Hall–Kier alpha value is 0.390. The quantitative estimate of drug-likeness (QED) is 0.732. The van der Waals surface area contributed by atoms with E-state index in [-0.39, 0.29) is 0 Å². The van der Waals surface area contributed by atoms with E-state index in [0.717, 1.165) is 10.7 Å². The van der Waals surface area contributed by atoms with E-state index < -0.39 is 0 Å². The molecule has 4 heteroatoms. The second kappa shape index (κ2) is 5.57. The lowest BCUT2D eigenvalue weighted by atomic mass is 9.88. The van der Waals surface area contributed by atoms with E-state index in [1.54, 1.807) is 0 Å². The van der Waals surface area contributed by atoms with E-state index in [1.807, 2.05) is 17.8 Å². The van der Waals surface area contributed by atoms with Crippen molar-refractivity contribution in [1.29, 1.82) is 0 Å². The molecular formula is C13H17ClINS. The van der Waals surface area contributed by atoms with Crippen LogP contribution in [-0.4, -0.2) is 17.5 Å². The lowest BCUT2D eigenvalue weighted by Gasteiger charge is -2.35. The molecule has 0 aliphatic carbocycles. The molecule has 0 amide bonds. The van der Waals surface area contributed by atoms with Crippen LogP contribution < -0.4 is 5.32 Å². The van der Waals surface area contributed by atoms with Crippen molar-refractivity contribution >= 4 is 51.6 Å². The van der Waals surface area contributed by atoms with Gasteiger partial charge in [0.05, 0.1) is 10.7 Å². The standard InChI is InChI=1S/C13H17ClINS/c1-13(2)6-10(7-17-8-13)16-12-4-3-9(15)5-11(12)14/h3-5,10,16H,6-8H2,1-2H3. The second-order valence-electron chi connectivity index (χ2n) is 5.35. The molecule has 1 N–H and O–H groups in total. The predicted molar refractivity (Wildman–Crippen MR) is 87.3 cm³/mol. The van der Waals surface area contributed by atoms with Gasteiger partial charge in [-0.3, -0.25) is 0 Å². The molecule has 1 saturated heterocycles. The highest BCUT2D eigenvalue weighted by molar-refractivity contribution is 14.1. The molecule has 0 spiro atoms. The lowest BCUT2D eigenvalue weighted by molar-refractivity contribution is 0.358. The Kier molecular flexibility index (Phi) is 4.53. The van der Waals surface area contributed by atoms with E-state index in [9.17, 15) is 0 Å². The molecule has 0 bridgehead atoms. The SMILES string of the molecule is CC1(C)CSCC(Nc2ccc(I)cc2Cl)C1. The first-order valence-electron chi connectivity index (χ1n) is 5.76. The minimum atomic E-state index is 0.427. The maximum absolute atomic E-state index is 6.25. The fourth-order valence-corrected chi connectivity index (χ4v) is 4.37. The van der Waals surface area contributed by atoms with Gasteiger partial charge >= 0.3 is 0 Å². The van der Waals surface area contributed by atoms with Crippen LogP contribution in [0, 0.1) is 8.99 Å². The summed E-state index contributed by atoms with van der Waals surface area (Å²) in [4.78, 5) is 0. The molecular weight excluding hydrogens is 365 g/mol. The van der Waals surface area contributed by atoms with Crippen LogP contribution in [0.5, 0.6) is 0 Å². The normalized spacial score (nSPS) is 23.4. The third kappa shape index (κ3) is 3.93. The molecule has 94 valence electrons. The monoisotopic (exact) mass is 381 g/mol. The highest BCUT2D eigenvalue weighted by Crippen LogP contribution is 2.35. The van der Waals surface area contributed by atoms with Gasteiger partial charge in [-0.15, -0.1) is 0 Å². The molecule has 1 heterocycles. The highest BCUT2D eigenvalue weighted by atomic mass is 127. The van der Waals surface area contributed by atoms with Crippen LogP contribution in [-0.2, 0) is 0 Å². The van der Waals surface area contributed by atoms with E-state index in [4.69, 9.17) is 11.6 Å². The maximum atomic E-state index is 6.25. The highest BCUT2D eigenvalue weighted by Gasteiger charge is 2.28. The third-order valence-electron chi connectivity index (χ3n) is 2.90. The van der Waals surface area contributed by atoms with Gasteiger partial charge < -0.3 is 5.32 Å². The summed E-state index contributed by atoms with van der Waals surface area (Å²) in [5, 5.41) is 4.40. The Morgan fingerprint density at radius 1 is 1.47 bits per heavy atom. The van der Waals surface area contributed by atoms with Crippen LogP contribution in [0.4, 0.5) is 5.69 Å². The molecule has 2 rings (SSSR count). The van der Waals surface area contributed by atoms with Gasteiger partial charge in [0.2, 0.25) is 0 Å². The van der Waals surface area contributed by atoms with E-state index in [0.29, 0.717) is 11.5 Å². The van der Waals surface area contributed by atoms with Gasteiger partial charge in [0.15, 0.2) is 0 Å². The first-order chi connectivity index (χ1) is 7.96. The average molecular weight is 382 g/mol. The van der Waals surface area contributed by atoms with Gasteiger partial charge in [-0.1, -0.05) is 25.4 Å². The zero-order valence-corrected chi connectivity index (χ0v) is 13.8. The minimum absolute atomic E-state index is 0.427. The maximum Gasteiger partial charge on any atom is 0.0648 e. The largest absolute Gasteiger partial charge is 0.380 e. The summed E-state index contributed by atoms with van der Waals surface area (Å²) in [5.74, 6) is 2.43. The van der Waals surface area contributed by atoms with E-state index in [2.05, 4.69) is 53.9 Å². The van der Waals surface area contributed by atoms with Crippen LogP contribution in [0.15, 0.2) is 18.2 Å². The first-order valence-corrected chi connectivity index (χ1v) is 8.37. The Bertz CT molecular complexity index is 408. The van der Waals surface area contributed by atoms with E-state index >= 15 is 0 Å². The Labute approximate surface area is 126 Å². The smallest absolute Gasteiger partial charge is 0.0648 e. The van der Waals surface area contributed by atoms with Gasteiger partial charge in [0.1, 0.15) is 0 Å². The van der Waals surface area contributed by atoms with Crippen molar-refractivity contribution < 1.29 is 0 Å². The van der Waals surface area contributed by atoms with Crippen LogP contribution in [0.2, 0.25) is 5.02 Å². The summed E-state index contributed by atoms with van der Waals surface area (Å²) in [6, 6.07) is 6.71. The molecule has 1 atom stereocenters. The average Bonchev–Trinajstić information content (AvgIpc) is 2.21. The number of benzene rings is 1. The van der Waals surface area contributed by atoms with E-state index in [1.165, 1.54) is 21.5 Å². The molecule has 1 fully saturated rings. The van der Waals surface area contributed by atoms with Crippen LogP contribution in [0.25, 0.3) is 0 Å². The number of thioether (sulfide) groups is 1. The number of nitrogens with one attached hydrogen (secondary N) is 1. The topological polar surface area (TPSA) is 12.0 Å².